The largest absolute Gasteiger partial charge is 0.312 e. The van der Waals surface area contributed by atoms with Crippen LogP contribution in [0.3, 0.4) is 0 Å². The number of anilines is 1. The number of hydrogen-bond acceptors (Lipinski definition) is 5. The molecule has 0 radical (unpaired) electrons. The molecule has 0 saturated carbocycles. The van der Waals surface area contributed by atoms with E-state index in [4.69, 9.17) is 0 Å². The Hall–Kier alpha value is -1.45. The third kappa shape index (κ3) is 5.02. The smallest absolute Gasteiger partial charge is 0.240 e. The molecule has 0 unspecified atom stereocenters. The number of hydrogen-bond donors (Lipinski definition) is 1. The molecule has 0 aliphatic carbocycles. The van der Waals surface area contributed by atoms with Gasteiger partial charge in [0.1, 0.15) is 9.84 Å². The van der Waals surface area contributed by atoms with E-state index in [2.05, 4.69) is 4.72 Å². The van der Waals surface area contributed by atoms with E-state index in [9.17, 15) is 21.6 Å². The third-order valence-electron chi connectivity index (χ3n) is 3.55. The van der Waals surface area contributed by atoms with Gasteiger partial charge in [0.15, 0.2) is 0 Å². The van der Waals surface area contributed by atoms with Crippen LogP contribution in [0.2, 0.25) is 0 Å². The highest BCUT2D eigenvalue weighted by Crippen LogP contribution is 2.22. The number of piperidine rings is 1. The van der Waals surface area contributed by atoms with Crippen LogP contribution in [0.5, 0.6) is 0 Å². The quantitative estimate of drug-likeness (QED) is 0.797. The molecule has 2 rings (SSSR count). The van der Waals surface area contributed by atoms with Gasteiger partial charge >= 0.3 is 0 Å². The summed E-state index contributed by atoms with van der Waals surface area (Å²) in [5.74, 6) is -0.217. The van der Waals surface area contributed by atoms with Gasteiger partial charge in [-0.1, -0.05) is 0 Å². The number of nitrogens with zero attached hydrogens (tertiary/aromatic N) is 1. The van der Waals surface area contributed by atoms with Gasteiger partial charge < -0.3 is 4.90 Å². The zero-order chi connectivity index (χ0) is 17.1. The molecule has 0 aromatic heterocycles. The molecule has 1 N–H and O–H groups in total. The second kappa shape index (κ2) is 6.98. The summed E-state index contributed by atoms with van der Waals surface area (Å²) in [4.78, 5) is 13.5. The molecular formula is C14H20N2O5S2. The Kier molecular flexibility index (Phi) is 5.43. The third-order valence-corrected chi connectivity index (χ3v) is 5.97. The maximum absolute atomic E-state index is 12.1. The Bertz CT molecular complexity index is 770. The molecule has 1 aliphatic rings. The second-order valence-electron chi connectivity index (χ2n) is 5.52. The highest BCUT2D eigenvalue weighted by Gasteiger charge is 2.20. The fourth-order valence-corrected chi connectivity index (χ4v) is 3.96. The van der Waals surface area contributed by atoms with Gasteiger partial charge in [-0.3, -0.25) is 4.79 Å². The molecule has 1 aliphatic heterocycles. The van der Waals surface area contributed by atoms with Crippen LogP contribution >= 0.6 is 0 Å². The van der Waals surface area contributed by atoms with E-state index in [0.29, 0.717) is 18.7 Å². The van der Waals surface area contributed by atoms with Gasteiger partial charge in [-0.2, -0.15) is 0 Å². The predicted molar refractivity (Wildman–Crippen MR) is 87.5 cm³/mol. The monoisotopic (exact) mass is 360 g/mol. The van der Waals surface area contributed by atoms with Crippen molar-refractivity contribution >= 4 is 31.5 Å². The highest BCUT2D eigenvalue weighted by atomic mass is 32.2. The molecule has 128 valence electrons. The first-order valence-electron chi connectivity index (χ1n) is 7.27. The molecule has 9 heteroatoms. The van der Waals surface area contributed by atoms with E-state index in [1.807, 2.05) is 0 Å². The summed E-state index contributed by atoms with van der Waals surface area (Å²) >= 11 is 0. The van der Waals surface area contributed by atoms with Crippen molar-refractivity contribution in [2.75, 3.05) is 30.0 Å². The van der Waals surface area contributed by atoms with Crippen molar-refractivity contribution in [2.45, 2.75) is 24.2 Å². The Balaban J connectivity index is 2.07. The van der Waals surface area contributed by atoms with Gasteiger partial charge in [0.25, 0.3) is 0 Å². The van der Waals surface area contributed by atoms with E-state index in [1.165, 1.54) is 12.1 Å². The number of sulfone groups is 1. The lowest BCUT2D eigenvalue weighted by atomic mass is 10.1. The van der Waals surface area contributed by atoms with Crippen molar-refractivity contribution in [2.24, 2.45) is 0 Å². The normalized spacial score (nSPS) is 16.6. The van der Waals surface area contributed by atoms with Gasteiger partial charge in [0.05, 0.1) is 10.6 Å². The predicted octanol–water partition coefficient (Wildman–Crippen LogP) is 0.526. The average Bonchev–Trinajstić information content (AvgIpc) is 2.46. The average molecular weight is 360 g/mol. The molecule has 23 heavy (non-hydrogen) atoms. The topological polar surface area (TPSA) is 101 Å². The maximum atomic E-state index is 12.1. The summed E-state index contributed by atoms with van der Waals surface area (Å²) in [7, 11) is -6.99. The van der Waals surface area contributed by atoms with Crippen LogP contribution in [0.1, 0.15) is 19.3 Å². The number of rotatable bonds is 6. The van der Waals surface area contributed by atoms with Gasteiger partial charge in [-0.05, 0) is 37.1 Å². The minimum atomic E-state index is -3.76. The Labute approximate surface area is 136 Å². The SMILES string of the molecule is CS(=O)(=O)CCNS(=O)(=O)c1ccc(N2CCCCC2=O)cc1. The molecule has 1 saturated heterocycles. The summed E-state index contributed by atoms with van der Waals surface area (Å²) in [6.07, 6.45) is 3.36. The van der Waals surface area contributed by atoms with E-state index >= 15 is 0 Å². The number of carbonyl (C=O) groups excluding carboxylic acids is 1. The summed E-state index contributed by atoms with van der Waals surface area (Å²) in [6, 6.07) is 6.02. The van der Waals surface area contributed by atoms with Crippen LogP contribution in [0.25, 0.3) is 0 Å². The van der Waals surface area contributed by atoms with E-state index in [-0.39, 0.29) is 23.1 Å². The number of nitrogens with one attached hydrogen (secondary N) is 1. The van der Waals surface area contributed by atoms with Crippen LogP contribution in [0.15, 0.2) is 29.2 Å². The summed E-state index contributed by atoms with van der Waals surface area (Å²) in [5, 5.41) is 0. The van der Waals surface area contributed by atoms with E-state index in [0.717, 1.165) is 19.1 Å². The van der Waals surface area contributed by atoms with E-state index in [1.54, 1.807) is 17.0 Å². The number of carbonyl (C=O) groups is 1. The van der Waals surface area contributed by atoms with Gasteiger partial charge in [-0.25, -0.2) is 21.6 Å². The summed E-state index contributed by atoms with van der Waals surface area (Å²) in [5.41, 5.74) is 0.671. The lowest BCUT2D eigenvalue weighted by molar-refractivity contribution is -0.119. The number of sulfonamides is 1. The van der Waals surface area contributed by atoms with Crippen LogP contribution in [0, 0.1) is 0 Å². The molecule has 7 nitrogen and oxygen atoms in total. The van der Waals surface area contributed by atoms with Crippen molar-refractivity contribution in [3.8, 4) is 0 Å². The standard InChI is InChI=1S/C14H20N2O5S2/c1-22(18,19)11-9-15-23(20,21)13-7-5-12(6-8-13)16-10-3-2-4-14(16)17/h5-8,15H,2-4,9-11H2,1H3. The van der Waals surface area contributed by atoms with Crippen molar-refractivity contribution in [3.63, 3.8) is 0 Å². The summed E-state index contributed by atoms with van der Waals surface area (Å²) in [6.45, 7) is 0.463. The molecule has 0 bridgehead atoms. The molecule has 1 aromatic rings. The number of amides is 1. The first-order valence-corrected chi connectivity index (χ1v) is 10.8. The fraction of sp³-hybridized carbons (Fsp3) is 0.500. The molecular weight excluding hydrogens is 340 g/mol. The van der Waals surface area contributed by atoms with Crippen molar-refractivity contribution < 1.29 is 21.6 Å². The van der Waals surface area contributed by atoms with Crippen LogP contribution < -0.4 is 9.62 Å². The second-order valence-corrected chi connectivity index (χ2v) is 9.55. The van der Waals surface area contributed by atoms with Crippen molar-refractivity contribution in [3.05, 3.63) is 24.3 Å². The number of benzene rings is 1. The van der Waals surface area contributed by atoms with Crippen LogP contribution in [-0.2, 0) is 24.7 Å². The molecule has 1 amide bonds. The lowest BCUT2D eigenvalue weighted by Crippen LogP contribution is -2.35. The highest BCUT2D eigenvalue weighted by molar-refractivity contribution is 7.91. The van der Waals surface area contributed by atoms with Crippen LogP contribution in [-0.4, -0.2) is 47.8 Å². The maximum Gasteiger partial charge on any atom is 0.240 e. The first-order chi connectivity index (χ1) is 10.7. The van der Waals surface area contributed by atoms with Gasteiger partial charge in [0, 0.05) is 31.5 Å². The zero-order valence-electron chi connectivity index (χ0n) is 12.9. The Morgan fingerprint density at radius 1 is 1.09 bits per heavy atom. The molecule has 0 atom stereocenters. The first kappa shape index (κ1) is 17.9. The minimum Gasteiger partial charge on any atom is -0.312 e. The Morgan fingerprint density at radius 2 is 1.74 bits per heavy atom. The molecule has 0 spiro atoms. The summed E-state index contributed by atoms with van der Waals surface area (Å²) < 4.78 is 48.5. The Morgan fingerprint density at radius 3 is 2.30 bits per heavy atom. The van der Waals surface area contributed by atoms with Crippen LogP contribution in [0.4, 0.5) is 5.69 Å². The van der Waals surface area contributed by atoms with Crippen molar-refractivity contribution in [1.29, 1.82) is 0 Å². The zero-order valence-corrected chi connectivity index (χ0v) is 14.5. The minimum absolute atomic E-state index is 0.0399. The van der Waals surface area contributed by atoms with E-state index < -0.39 is 19.9 Å². The van der Waals surface area contributed by atoms with Gasteiger partial charge in [0.2, 0.25) is 15.9 Å². The lowest BCUT2D eigenvalue weighted by Gasteiger charge is -2.26. The molecule has 1 aromatic carbocycles. The van der Waals surface area contributed by atoms with Crippen molar-refractivity contribution in [1.82, 2.24) is 4.72 Å². The fourth-order valence-electron chi connectivity index (χ4n) is 2.33. The molecule has 1 heterocycles. The van der Waals surface area contributed by atoms with Gasteiger partial charge in [-0.15, -0.1) is 0 Å². The molecule has 1 fully saturated rings.